The first-order valence-electron chi connectivity index (χ1n) is 8.16. The van der Waals surface area contributed by atoms with E-state index < -0.39 is 17.6 Å². The second kappa shape index (κ2) is 7.67. The van der Waals surface area contributed by atoms with Crippen LogP contribution in [-0.4, -0.2) is 26.6 Å². The van der Waals surface area contributed by atoms with Gasteiger partial charge in [-0.05, 0) is 38.1 Å². The number of aryl methyl sites for hydroxylation is 2. The number of carbonyl (C=O) groups is 2. The number of nitrogens with zero attached hydrogens (tertiary/aromatic N) is 3. The molecule has 7 nitrogen and oxygen atoms in total. The van der Waals surface area contributed by atoms with E-state index in [0.717, 1.165) is 22.8 Å². The molecule has 0 radical (unpaired) electrons. The van der Waals surface area contributed by atoms with Gasteiger partial charge in [-0.15, -0.1) is 11.3 Å². The first-order chi connectivity index (χ1) is 12.8. The second-order valence-electron chi connectivity index (χ2n) is 6.04. The normalized spacial score (nSPS) is 11.9. The van der Waals surface area contributed by atoms with Gasteiger partial charge in [0.15, 0.2) is 5.69 Å². The predicted molar refractivity (Wildman–Crippen MR) is 100 cm³/mol. The molecule has 1 aromatic carbocycles. The monoisotopic (exact) mass is 387 g/mol. The summed E-state index contributed by atoms with van der Waals surface area (Å²) in [5.41, 5.74) is 1.31. The number of benzene rings is 1. The Morgan fingerprint density at radius 2 is 2.00 bits per heavy atom. The van der Waals surface area contributed by atoms with Gasteiger partial charge in [0.2, 0.25) is 0 Å². The molecule has 3 rings (SSSR count). The average Bonchev–Trinajstić information content (AvgIpc) is 3.25. The summed E-state index contributed by atoms with van der Waals surface area (Å²) in [4.78, 5) is 28.9. The molecule has 2 heterocycles. The van der Waals surface area contributed by atoms with E-state index in [1.165, 1.54) is 17.4 Å². The summed E-state index contributed by atoms with van der Waals surface area (Å²) < 4.78 is 15.5. The molecule has 140 valence electrons. The SMILES string of the molecule is Cc1cc(C(=O)Nc2cc(F)cc(C(=O)NC(C)c3nccs3)c2)nn1C. The van der Waals surface area contributed by atoms with Crippen molar-refractivity contribution in [1.29, 1.82) is 0 Å². The Bertz CT molecular complexity index is 964. The third kappa shape index (κ3) is 4.37. The summed E-state index contributed by atoms with van der Waals surface area (Å²) in [7, 11) is 1.72. The highest BCUT2D eigenvalue weighted by Gasteiger charge is 2.16. The highest BCUT2D eigenvalue weighted by molar-refractivity contribution is 7.09. The highest BCUT2D eigenvalue weighted by atomic mass is 32.1. The maximum Gasteiger partial charge on any atom is 0.276 e. The van der Waals surface area contributed by atoms with Crippen molar-refractivity contribution in [3.63, 3.8) is 0 Å². The summed E-state index contributed by atoms with van der Waals surface area (Å²) in [5.74, 6) is -1.56. The number of aromatic nitrogens is 3. The second-order valence-corrected chi connectivity index (χ2v) is 6.97. The Morgan fingerprint density at radius 3 is 2.63 bits per heavy atom. The van der Waals surface area contributed by atoms with E-state index in [9.17, 15) is 14.0 Å². The van der Waals surface area contributed by atoms with E-state index in [2.05, 4.69) is 20.7 Å². The third-order valence-electron chi connectivity index (χ3n) is 3.93. The first kappa shape index (κ1) is 18.7. The van der Waals surface area contributed by atoms with Crippen LogP contribution in [-0.2, 0) is 7.05 Å². The molecule has 0 aliphatic rings. The number of hydrogen-bond donors (Lipinski definition) is 2. The predicted octanol–water partition coefficient (Wildman–Crippen LogP) is 3.07. The van der Waals surface area contributed by atoms with Crippen LogP contribution in [0.5, 0.6) is 0 Å². The van der Waals surface area contributed by atoms with Crippen molar-refractivity contribution in [2.75, 3.05) is 5.32 Å². The van der Waals surface area contributed by atoms with Gasteiger partial charge in [0.1, 0.15) is 10.8 Å². The van der Waals surface area contributed by atoms with Crippen LogP contribution >= 0.6 is 11.3 Å². The maximum absolute atomic E-state index is 14.0. The molecule has 27 heavy (non-hydrogen) atoms. The minimum atomic E-state index is -0.628. The van der Waals surface area contributed by atoms with Crippen LogP contribution in [0.4, 0.5) is 10.1 Å². The molecule has 0 saturated heterocycles. The number of anilines is 1. The van der Waals surface area contributed by atoms with Crippen molar-refractivity contribution < 1.29 is 14.0 Å². The van der Waals surface area contributed by atoms with E-state index in [-0.39, 0.29) is 23.0 Å². The number of nitrogens with one attached hydrogen (secondary N) is 2. The number of amides is 2. The fraction of sp³-hybridized carbons (Fsp3) is 0.222. The van der Waals surface area contributed by atoms with Crippen molar-refractivity contribution in [3.05, 3.63) is 63.6 Å². The molecule has 9 heteroatoms. The molecule has 0 saturated carbocycles. The molecule has 2 aromatic heterocycles. The smallest absolute Gasteiger partial charge is 0.276 e. The topological polar surface area (TPSA) is 88.9 Å². The standard InChI is InChI=1S/C18H18FN5O2S/c1-10-6-15(23-24(10)3)17(26)22-14-8-12(7-13(19)9-14)16(25)21-11(2)18-20-4-5-27-18/h4-9,11H,1-3H3,(H,21,25)(H,22,26). The van der Waals surface area contributed by atoms with E-state index in [1.54, 1.807) is 30.9 Å². The Hall–Kier alpha value is -3.07. The van der Waals surface area contributed by atoms with Gasteiger partial charge in [-0.2, -0.15) is 5.10 Å². The summed E-state index contributed by atoms with van der Waals surface area (Å²) >= 11 is 1.42. The first-order valence-corrected chi connectivity index (χ1v) is 9.04. The molecule has 1 unspecified atom stereocenters. The van der Waals surface area contributed by atoms with Crippen molar-refractivity contribution in [3.8, 4) is 0 Å². The fourth-order valence-corrected chi connectivity index (χ4v) is 3.10. The van der Waals surface area contributed by atoms with Gasteiger partial charge in [-0.25, -0.2) is 9.37 Å². The van der Waals surface area contributed by atoms with Gasteiger partial charge in [-0.3, -0.25) is 14.3 Å². The Kier molecular flexibility index (Phi) is 5.31. The quantitative estimate of drug-likeness (QED) is 0.704. The van der Waals surface area contributed by atoms with Crippen LogP contribution in [0.15, 0.2) is 35.8 Å². The van der Waals surface area contributed by atoms with Crippen LogP contribution < -0.4 is 10.6 Å². The van der Waals surface area contributed by atoms with Gasteiger partial charge < -0.3 is 10.6 Å². The summed E-state index contributed by atoms with van der Waals surface area (Å²) in [6, 6.07) is 4.99. The van der Waals surface area contributed by atoms with Crippen LogP contribution in [0.1, 0.15) is 44.5 Å². The minimum absolute atomic E-state index is 0.103. The molecular weight excluding hydrogens is 369 g/mol. The van der Waals surface area contributed by atoms with E-state index in [0.29, 0.717) is 0 Å². The maximum atomic E-state index is 14.0. The number of halogens is 1. The van der Waals surface area contributed by atoms with E-state index in [1.807, 2.05) is 12.3 Å². The van der Waals surface area contributed by atoms with Crippen molar-refractivity contribution in [2.45, 2.75) is 19.9 Å². The number of rotatable bonds is 5. The third-order valence-corrected chi connectivity index (χ3v) is 4.89. The zero-order chi connectivity index (χ0) is 19.6. The molecule has 2 N–H and O–H groups in total. The Labute approximate surface area is 159 Å². The number of thiazole rings is 1. The van der Waals surface area contributed by atoms with Gasteiger partial charge in [0.05, 0.1) is 6.04 Å². The molecular formula is C18H18FN5O2S. The van der Waals surface area contributed by atoms with Crippen molar-refractivity contribution >= 4 is 28.8 Å². The molecule has 2 amide bonds. The average molecular weight is 387 g/mol. The number of hydrogen-bond acceptors (Lipinski definition) is 5. The lowest BCUT2D eigenvalue weighted by molar-refractivity contribution is 0.0938. The molecule has 0 aliphatic carbocycles. The largest absolute Gasteiger partial charge is 0.343 e. The Balaban J connectivity index is 1.75. The van der Waals surface area contributed by atoms with Crippen LogP contribution in [0.3, 0.4) is 0 Å². The molecule has 0 fully saturated rings. The molecule has 1 atom stereocenters. The van der Waals surface area contributed by atoms with Crippen LogP contribution in [0.2, 0.25) is 0 Å². The van der Waals surface area contributed by atoms with Gasteiger partial charge in [0.25, 0.3) is 11.8 Å². The van der Waals surface area contributed by atoms with Crippen molar-refractivity contribution in [1.82, 2.24) is 20.1 Å². The lowest BCUT2D eigenvalue weighted by Gasteiger charge is -2.12. The molecule has 0 aliphatic heterocycles. The zero-order valence-electron chi connectivity index (χ0n) is 15.0. The fourth-order valence-electron chi connectivity index (χ4n) is 2.45. The minimum Gasteiger partial charge on any atom is -0.343 e. The lowest BCUT2D eigenvalue weighted by atomic mass is 10.1. The van der Waals surface area contributed by atoms with Crippen molar-refractivity contribution in [2.24, 2.45) is 7.05 Å². The molecule has 3 aromatic rings. The van der Waals surface area contributed by atoms with Gasteiger partial charge >= 0.3 is 0 Å². The molecule has 0 bridgehead atoms. The molecule has 0 spiro atoms. The van der Waals surface area contributed by atoms with E-state index >= 15 is 0 Å². The zero-order valence-corrected chi connectivity index (χ0v) is 15.8. The van der Waals surface area contributed by atoms with Gasteiger partial charge in [0, 0.05) is 35.6 Å². The van der Waals surface area contributed by atoms with E-state index in [4.69, 9.17) is 0 Å². The van der Waals surface area contributed by atoms with Crippen LogP contribution in [0, 0.1) is 12.7 Å². The summed E-state index contributed by atoms with van der Waals surface area (Å²) in [6.07, 6.45) is 1.65. The Morgan fingerprint density at radius 1 is 1.22 bits per heavy atom. The van der Waals surface area contributed by atoms with Gasteiger partial charge in [-0.1, -0.05) is 0 Å². The number of carbonyl (C=O) groups excluding carboxylic acids is 2. The summed E-state index contributed by atoms with van der Waals surface area (Å²) in [5, 5.41) is 12.0. The van der Waals surface area contributed by atoms with Crippen LogP contribution in [0.25, 0.3) is 0 Å². The highest BCUT2D eigenvalue weighted by Crippen LogP contribution is 2.18. The lowest BCUT2D eigenvalue weighted by Crippen LogP contribution is -2.26. The summed E-state index contributed by atoms with van der Waals surface area (Å²) in [6.45, 7) is 3.61.